The van der Waals surface area contributed by atoms with Gasteiger partial charge in [0, 0.05) is 32.2 Å². The number of amides is 1. The number of carboxylic acids is 1. The van der Waals surface area contributed by atoms with Gasteiger partial charge < -0.3 is 14.3 Å². The summed E-state index contributed by atoms with van der Waals surface area (Å²) in [5, 5.41) is 8.73. The minimum Gasteiger partial charge on any atom is -0.475 e. The summed E-state index contributed by atoms with van der Waals surface area (Å²) in [6.45, 7) is 6.43. The first-order chi connectivity index (χ1) is 14.6. The highest BCUT2D eigenvalue weighted by atomic mass is 19.4. The predicted octanol–water partition coefficient (Wildman–Crippen LogP) is 2.61. The van der Waals surface area contributed by atoms with Crippen molar-refractivity contribution in [2.75, 3.05) is 32.8 Å². The van der Waals surface area contributed by atoms with Gasteiger partial charge in [-0.1, -0.05) is 0 Å². The van der Waals surface area contributed by atoms with E-state index in [1.165, 1.54) is 0 Å². The number of hydrogen-bond donors (Lipinski definition) is 1. The molecule has 0 radical (unpaired) electrons. The van der Waals surface area contributed by atoms with Crippen LogP contribution in [-0.4, -0.2) is 72.1 Å². The number of carbonyl (C=O) groups excluding carboxylic acids is 1. The predicted molar refractivity (Wildman–Crippen MR) is 101 cm³/mol. The summed E-state index contributed by atoms with van der Waals surface area (Å²) < 4.78 is 43.4. The van der Waals surface area contributed by atoms with Crippen LogP contribution in [0.25, 0.3) is 0 Å². The van der Waals surface area contributed by atoms with Gasteiger partial charge in [0.05, 0.1) is 25.2 Å². The first kappa shape index (κ1) is 23.6. The monoisotopic (exact) mass is 448 g/mol. The number of likely N-dealkylation sites (tertiary alicyclic amines) is 1. The molecule has 0 aromatic carbocycles. The largest absolute Gasteiger partial charge is 0.490 e. The summed E-state index contributed by atoms with van der Waals surface area (Å²) in [7, 11) is 0. The fourth-order valence-corrected chi connectivity index (χ4v) is 4.19. The van der Waals surface area contributed by atoms with Gasteiger partial charge in [0.15, 0.2) is 0 Å². The molecule has 3 fully saturated rings. The van der Waals surface area contributed by atoms with Gasteiger partial charge in [-0.15, -0.1) is 0 Å². The maximum Gasteiger partial charge on any atom is 0.490 e. The number of piperidine rings is 1. The number of halogens is 3. The van der Waals surface area contributed by atoms with Crippen LogP contribution in [0.2, 0.25) is 0 Å². The Morgan fingerprint density at radius 3 is 2.52 bits per heavy atom. The quantitative estimate of drug-likeness (QED) is 0.760. The molecule has 11 heteroatoms. The highest BCUT2D eigenvalue weighted by molar-refractivity contribution is 5.78. The van der Waals surface area contributed by atoms with Crippen LogP contribution in [0.15, 0.2) is 16.5 Å². The molecule has 1 amide bonds. The van der Waals surface area contributed by atoms with E-state index in [4.69, 9.17) is 23.9 Å². The zero-order valence-electron chi connectivity index (χ0n) is 17.3. The second-order valence-electron chi connectivity index (χ2n) is 7.96. The normalized spacial score (nSPS) is 26.7. The van der Waals surface area contributed by atoms with Gasteiger partial charge in [-0.05, 0) is 38.3 Å². The third kappa shape index (κ3) is 6.20. The number of aryl methyl sites for hydroxylation is 1. The molecule has 0 bridgehead atoms. The molecule has 0 saturated carbocycles. The Morgan fingerprint density at radius 1 is 1.19 bits per heavy atom. The molecule has 0 spiro atoms. The van der Waals surface area contributed by atoms with Crippen LogP contribution in [0.3, 0.4) is 0 Å². The Balaban J connectivity index is 0.000000339. The van der Waals surface area contributed by atoms with Gasteiger partial charge in [-0.25, -0.2) is 9.86 Å². The number of rotatable bonds is 3. The molecule has 3 saturated heterocycles. The number of nitrogens with zero attached hydrogens (tertiary/aromatic N) is 2. The lowest BCUT2D eigenvalue weighted by Gasteiger charge is -2.41. The maximum absolute atomic E-state index is 13.0. The minimum absolute atomic E-state index is 0.0413. The number of hydrogen-bond acceptors (Lipinski definition) is 6. The Kier molecular flexibility index (Phi) is 7.60. The summed E-state index contributed by atoms with van der Waals surface area (Å²) in [6.07, 6.45) is -1.90. The summed E-state index contributed by atoms with van der Waals surface area (Å²) >= 11 is 0. The van der Waals surface area contributed by atoms with E-state index in [1.807, 2.05) is 19.1 Å². The summed E-state index contributed by atoms with van der Waals surface area (Å²) in [5.74, 6) is -0.475. The van der Waals surface area contributed by atoms with Crippen molar-refractivity contribution in [2.45, 2.75) is 45.0 Å². The molecule has 8 nitrogen and oxygen atoms in total. The molecule has 4 heterocycles. The molecule has 1 aromatic heterocycles. The van der Waals surface area contributed by atoms with Gasteiger partial charge >= 0.3 is 12.1 Å². The van der Waals surface area contributed by atoms with Crippen LogP contribution in [0, 0.1) is 18.8 Å². The average molecular weight is 448 g/mol. The van der Waals surface area contributed by atoms with E-state index >= 15 is 0 Å². The molecule has 4 rings (SSSR count). The Hall–Kier alpha value is -2.11. The van der Waals surface area contributed by atoms with Crippen molar-refractivity contribution in [1.82, 2.24) is 9.96 Å². The van der Waals surface area contributed by atoms with Crippen molar-refractivity contribution in [2.24, 2.45) is 11.8 Å². The molecular weight excluding hydrogens is 421 g/mol. The fraction of sp³-hybridized carbons (Fsp3) is 0.700. The number of carboxylic acid groups (broad SMARTS) is 1. The van der Waals surface area contributed by atoms with Crippen LogP contribution in [0.4, 0.5) is 13.2 Å². The number of furan rings is 1. The van der Waals surface area contributed by atoms with Gasteiger partial charge in [-0.3, -0.25) is 14.5 Å². The molecule has 1 N–H and O–H groups in total. The van der Waals surface area contributed by atoms with Crippen LogP contribution < -0.4 is 0 Å². The van der Waals surface area contributed by atoms with Crippen LogP contribution >= 0.6 is 0 Å². The third-order valence-electron chi connectivity index (χ3n) is 5.65. The molecule has 3 aliphatic rings. The average Bonchev–Trinajstić information content (AvgIpc) is 3.36. The number of alkyl halides is 3. The van der Waals surface area contributed by atoms with E-state index in [1.54, 1.807) is 5.06 Å². The molecular formula is C20H27F3N2O6. The van der Waals surface area contributed by atoms with E-state index in [2.05, 4.69) is 4.90 Å². The fourth-order valence-electron chi connectivity index (χ4n) is 4.19. The van der Waals surface area contributed by atoms with Crippen molar-refractivity contribution in [3.8, 4) is 0 Å². The Morgan fingerprint density at radius 2 is 1.94 bits per heavy atom. The van der Waals surface area contributed by atoms with Crippen molar-refractivity contribution >= 4 is 11.9 Å². The van der Waals surface area contributed by atoms with Gasteiger partial charge in [0.2, 0.25) is 0 Å². The lowest BCUT2D eigenvalue weighted by Crippen LogP contribution is -2.53. The number of hydroxylamine groups is 2. The van der Waals surface area contributed by atoms with E-state index in [0.717, 1.165) is 57.0 Å². The molecule has 174 valence electrons. The molecule has 3 atom stereocenters. The summed E-state index contributed by atoms with van der Waals surface area (Å²) in [5.41, 5.74) is 0. The van der Waals surface area contributed by atoms with Crippen molar-refractivity contribution in [3.05, 3.63) is 23.7 Å². The number of ether oxygens (including phenoxy) is 1. The molecule has 1 aromatic rings. The molecule has 3 aliphatic heterocycles. The second-order valence-corrected chi connectivity index (χ2v) is 7.96. The second kappa shape index (κ2) is 10.0. The molecule has 0 aliphatic carbocycles. The number of carbonyl (C=O) groups is 2. The molecule has 0 unspecified atom stereocenters. The lowest BCUT2D eigenvalue weighted by atomic mass is 9.82. The van der Waals surface area contributed by atoms with Crippen LogP contribution in [0.1, 0.15) is 30.8 Å². The zero-order chi connectivity index (χ0) is 22.6. The highest BCUT2D eigenvalue weighted by Gasteiger charge is 2.45. The molecule has 31 heavy (non-hydrogen) atoms. The SMILES string of the molecule is Cc1ccc(CN2C[C@H](C(=O)N3CCCCO3)[C@@H]3CCO[C@@H]3C2)o1.O=C(O)C(F)(F)F. The first-order valence-corrected chi connectivity index (χ1v) is 10.3. The Labute approximate surface area is 177 Å². The van der Waals surface area contributed by atoms with E-state index in [0.29, 0.717) is 19.1 Å². The highest BCUT2D eigenvalue weighted by Crippen LogP contribution is 2.35. The summed E-state index contributed by atoms with van der Waals surface area (Å²) in [6, 6.07) is 4.00. The Bertz CT molecular complexity index is 762. The first-order valence-electron chi connectivity index (χ1n) is 10.3. The van der Waals surface area contributed by atoms with Crippen molar-refractivity contribution in [1.29, 1.82) is 0 Å². The van der Waals surface area contributed by atoms with E-state index in [9.17, 15) is 18.0 Å². The van der Waals surface area contributed by atoms with Crippen LogP contribution in [-0.2, 0) is 25.7 Å². The smallest absolute Gasteiger partial charge is 0.475 e. The minimum atomic E-state index is -5.08. The topological polar surface area (TPSA) is 92.5 Å². The number of aliphatic carboxylic acids is 1. The number of fused-ring (bicyclic) bond motifs is 1. The van der Waals surface area contributed by atoms with Gasteiger partial charge in [-0.2, -0.15) is 13.2 Å². The lowest BCUT2D eigenvalue weighted by molar-refractivity contribution is -0.205. The van der Waals surface area contributed by atoms with Crippen molar-refractivity contribution < 1.29 is 41.9 Å². The summed E-state index contributed by atoms with van der Waals surface area (Å²) in [4.78, 5) is 29.8. The maximum atomic E-state index is 13.0. The van der Waals surface area contributed by atoms with E-state index in [-0.39, 0.29) is 17.9 Å². The van der Waals surface area contributed by atoms with Gasteiger partial charge in [0.1, 0.15) is 11.5 Å². The van der Waals surface area contributed by atoms with Gasteiger partial charge in [0.25, 0.3) is 5.91 Å². The zero-order valence-corrected chi connectivity index (χ0v) is 17.3. The van der Waals surface area contributed by atoms with E-state index < -0.39 is 12.1 Å². The standard InChI is InChI=1S/C18H26N2O4.C2HF3O2/c1-13-4-5-14(24-13)10-19-11-16(15-6-9-22-17(15)12-19)18(21)20-7-2-3-8-23-20;3-2(4,5)1(6)7/h4-5,15-17H,2-3,6-12H2,1H3;(H,6,7)/t15-,16-,17+;/m0./s1. The van der Waals surface area contributed by atoms with Crippen LogP contribution in [0.5, 0.6) is 0 Å². The third-order valence-corrected chi connectivity index (χ3v) is 5.65. The van der Waals surface area contributed by atoms with Crippen molar-refractivity contribution in [3.63, 3.8) is 0 Å².